The summed E-state index contributed by atoms with van der Waals surface area (Å²) in [4.78, 5) is 11.6. The summed E-state index contributed by atoms with van der Waals surface area (Å²) in [5.41, 5.74) is 7.47. The number of rotatable bonds is 5. The molecule has 2 rings (SSSR count). The Morgan fingerprint density at radius 3 is 2.62 bits per heavy atom. The first-order chi connectivity index (χ1) is 10.2. The van der Waals surface area contributed by atoms with E-state index in [-0.39, 0.29) is 11.3 Å². The summed E-state index contributed by atoms with van der Waals surface area (Å²) in [7, 11) is 2.94. The third kappa shape index (κ3) is 3.52. The summed E-state index contributed by atoms with van der Waals surface area (Å²) >= 11 is 0. The molecule has 0 atom stereocenters. The van der Waals surface area contributed by atoms with Crippen molar-refractivity contribution >= 4 is 11.7 Å². The highest BCUT2D eigenvalue weighted by atomic mass is 16.5. The van der Waals surface area contributed by atoms with Crippen LogP contribution in [0.15, 0.2) is 42.5 Å². The number of methoxy groups -OCH3 is 2. The summed E-state index contributed by atoms with van der Waals surface area (Å²) in [5, 5.41) is 0. The average Bonchev–Trinajstić information content (AvgIpc) is 2.49. The maximum atomic E-state index is 11.6. The SMILES string of the molecule is COCc1cccc(Oc2cccc(C(=O)OC)c2N)c1. The molecule has 2 N–H and O–H groups in total. The number of nitrogen functional groups attached to an aromatic ring is 1. The van der Waals surface area contributed by atoms with Gasteiger partial charge in [-0.15, -0.1) is 0 Å². The largest absolute Gasteiger partial charge is 0.465 e. The van der Waals surface area contributed by atoms with Crippen molar-refractivity contribution in [3.63, 3.8) is 0 Å². The predicted octanol–water partition coefficient (Wildman–Crippen LogP) is 2.99. The lowest BCUT2D eigenvalue weighted by atomic mass is 10.1. The molecule has 21 heavy (non-hydrogen) atoms. The normalized spacial score (nSPS) is 10.2. The topological polar surface area (TPSA) is 70.8 Å². The van der Waals surface area contributed by atoms with Crippen LogP contribution in [0.4, 0.5) is 5.69 Å². The van der Waals surface area contributed by atoms with Crippen molar-refractivity contribution < 1.29 is 19.0 Å². The Hall–Kier alpha value is -2.53. The number of anilines is 1. The Morgan fingerprint density at radius 2 is 1.90 bits per heavy atom. The number of ether oxygens (including phenoxy) is 3. The molecule has 2 aromatic rings. The fourth-order valence-electron chi connectivity index (χ4n) is 1.91. The maximum Gasteiger partial charge on any atom is 0.340 e. The molecule has 2 aromatic carbocycles. The lowest BCUT2D eigenvalue weighted by Crippen LogP contribution is -2.06. The van der Waals surface area contributed by atoms with E-state index in [9.17, 15) is 4.79 Å². The van der Waals surface area contributed by atoms with Gasteiger partial charge in [-0.2, -0.15) is 0 Å². The van der Waals surface area contributed by atoms with Crippen molar-refractivity contribution in [2.75, 3.05) is 20.0 Å². The minimum atomic E-state index is -0.494. The molecule has 0 radical (unpaired) electrons. The van der Waals surface area contributed by atoms with E-state index in [2.05, 4.69) is 4.74 Å². The van der Waals surface area contributed by atoms with Gasteiger partial charge in [-0.1, -0.05) is 18.2 Å². The van der Waals surface area contributed by atoms with Crippen molar-refractivity contribution in [3.05, 3.63) is 53.6 Å². The molecule has 0 bridgehead atoms. The average molecular weight is 287 g/mol. The van der Waals surface area contributed by atoms with Crippen LogP contribution >= 0.6 is 0 Å². The van der Waals surface area contributed by atoms with E-state index in [1.165, 1.54) is 7.11 Å². The first kappa shape index (κ1) is 14.9. The van der Waals surface area contributed by atoms with Gasteiger partial charge in [-0.05, 0) is 29.8 Å². The van der Waals surface area contributed by atoms with Crippen LogP contribution in [-0.2, 0) is 16.1 Å². The third-order valence-electron chi connectivity index (χ3n) is 2.91. The van der Waals surface area contributed by atoms with Crippen molar-refractivity contribution in [2.24, 2.45) is 0 Å². The highest BCUT2D eigenvalue weighted by Crippen LogP contribution is 2.30. The van der Waals surface area contributed by atoms with Gasteiger partial charge < -0.3 is 19.9 Å². The Balaban J connectivity index is 2.27. The van der Waals surface area contributed by atoms with Crippen LogP contribution in [0.25, 0.3) is 0 Å². The number of para-hydroxylation sites is 1. The fraction of sp³-hybridized carbons (Fsp3) is 0.188. The maximum absolute atomic E-state index is 11.6. The van der Waals surface area contributed by atoms with Crippen LogP contribution in [0, 0.1) is 0 Å². The lowest BCUT2D eigenvalue weighted by molar-refractivity contribution is 0.0601. The van der Waals surface area contributed by atoms with Crippen LogP contribution in [0.3, 0.4) is 0 Å². The first-order valence-electron chi connectivity index (χ1n) is 6.38. The second-order valence-corrected chi connectivity index (χ2v) is 4.39. The zero-order chi connectivity index (χ0) is 15.2. The number of hydrogen-bond donors (Lipinski definition) is 1. The van der Waals surface area contributed by atoms with Gasteiger partial charge in [-0.25, -0.2) is 4.79 Å². The van der Waals surface area contributed by atoms with Gasteiger partial charge >= 0.3 is 5.97 Å². The standard InChI is InChI=1S/C16H17NO4/c1-19-10-11-5-3-6-12(9-11)21-14-8-4-7-13(15(14)17)16(18)20-2/h3-9H,10,17H2,1-2H3. The van der Waals surface area contributed by atoms with Crippen LogP contribution in [0.1, 0.15) is 15.9 Å². The van der Waals surface area contributed by atoms with Crippen LogP contribution in [-0.4, -0.2) is 20.2 Å². The number of carbonyl (C=O) groups excluding carboxylic acids is 1. The zero-order valence-corrected chi connectivity index (χ0v) is 12.0. The molecular formula is C16H17NO4. The predicted molar refractivity (Wildman–Crippen MR) is 79.4 cm³/mol. The number of carbonyl (C=O) groups is 1. The van der Waals surface area contributed by atoms with Crippen LogP contribution in [0.5, 0.6) is 11.5 Å². The molecule has 110 valence electrons. The van der Waals surface area contributed by atoms with E-state index in [0.29, 0.717) is 18.1 Å². The Bertz CT molecular complexity index is 640. The molecule has 0 saturated heterocycles. The molecule has 0 amide bonds. The lowest BCUT2D eigenvalue weighted by Gasteiger charge is -2.11. The van der Waals surface area contributed by atoms with Crippen molar-refractivity contribution in [1.29, 1.82) is 0 Å². The Labute approximate surface area is 123 Å². The third-order valence-corrected chi connectivity index (χ3v) is 2.91. The summed E-state index contributed by atoms with van der Waals surface area (Å²) in [6.45, 7) is 0.495. The van der Waals surface area contributed by atoms with Crippen molar-refractivity contribution in [2.45, 2.75) is 6.61 Å². The van der Waals surface area contributed by atoms with E-state index in [1.807, 2.05) is 24.3 Å². The number of benzene rings is 2. The molecule has 0 fully saturated rings. The van der Waals surface area contributed by atoms with E-state index >= 15 is 0 Å². The van der Waals surface area contributed by atoms with E-state index in [0.717, 1.165) is 5.56 Å². The van der Waals surface area contributed by atoms with Crippen molar-refractivity contribution in [3.8, 4) is 11.5 Å². The number of nitrogens with two attached hydrogens (primary N) is 1. The summed E-state index contributed by atoms with van der Waals surface area (Å²) in [6, 6.07) is 12.4. The Kier molecular flexibility index (Phi) is 4.79. The van der Waals surface area contributed by atoms with Crippen molar-refractivity contribution in [1.82, 2.24) is 0 Å². The minimum Gasteiger partial charge on any atom is -0.465 e. The van der Waals surface area contributed by atoms with Crippen LogP contribution in [0.2, 0.25) is 0 Å². The van der Waals surface area contributed by atoms with Gasteiger partial charge in [0.2, 0.25) is 0 Å². The van der Waals surface area contributed by atoms with E-state index in [4.69, 9.17) is 15.2 Å². The molecule has 0 heterocycles. The summed E-state index contributed by atoms with van der Waals surface area (Å²) in [6.07, 6.45) is 0. The summed E-state index contributed by atoms with van der Waals surface area (Å²) in [5.74, 6) is 0.539. The van der Waals surface area contributed by atoms with Crippen LogP contribution < -0.4 is 10.5 Å². The zero-order valence-electron chi connectivity index (χ0n) is 12.0. The number of hydrogen-bond acceptors (Lipinski definition) is 5. The molecule has 0 saturated carbocycles. The van der Waals surface area contributed by atoms with E-state index < -0.39 is 5.97 Å². The molecule has 0 unspecified atom stereocenters. The highest BCUT2D eigenvalue weighted by Gasteiger charge is 2.14. The molecule has 0 aliphatic carbocycles. The first-order valence-corrected chi connectivity index (χ1v) is 6.38. The second-order valence-electron chi connectivity index (χ2n) is 4.39. The molecule has 0 aliphatic rings. The molecule has 5 heteroatoms. The van der Waals surface area contributed by atoms with Gasteiger partial charge in [0.25, 0.3) is 0 Å². The number of esters is 1. The molecule has 0 aliphatic heterocycles. The van der Waals surface area contributed by atoms with Gasteiger partial charge in [0.1, 0.15) is 5.75 Å². The smallest absolute Gasteiger partial charge is 0.340 e. The van der Waals surface area contributed by atoms with Gasteiger partial charge in [0, 0.05) is 7.11 Å². The quantitative estimate of drug-likeness (QED) is 0.676. The van der Waals surface area contributed by atoms with E-state index in [1.54, 1.807) is 25.3 Å². The van der Waals surface area contributed by atoms with Gasteiger partial charge in [-0.3, -0.25) is 0 Å². The second kappa shape index (κ2) is 6.76. The fourth-order valence-corrected chi connectivity index (χ4v) is 1.91. The minimum absolute atomic E-state index is 0.251. The molecular weight excluding hydrogens is 270 g/mol. The highest BCUT2D eigenvalue weighted by molar-refractivity contribution is 5.96. The van der Waals surface area contributed by atoms with Gasteiger partial charge in [0.05, 0.1) is 25.0 Å². The summed E-state index contributed by atoms with van der Waals surface area (Å²) < 4.78 is 15.5. The monoisotopic (exact) mass is 287 g/mol. The molecule has 5 nitrogen and oxygen atoms in total. The molecule has 0 spiro atoms. The Morgan fingerprint density at radius 1 is 1.14 bits per heavy atom. The van der Waals surface area contributed by atoms with Gasteiger partial charge in [0.15, 0.2) is 5.75 Å². The molecule has 0 aromatic heterocycles.